The summed E-state index contributed by atoms with van der Waals surface area (Å²) < 4.78 is 23.7. The number of aromatic nitrogens is 1. The van der Waals surface area contributed by atoms with Gasteiger partial charge in [-0.25, -0.2) is 5.14 Å². The van der Waals surface area contributed by atoms with Crippen LogP contribution in [0, 0.1) is 0 Å². The maximum Gasteiger partial charge on any atom is 0.274 e. The second-order valence-electron chi connectivity index (χ2n) is 3.80. The average molecular weight is 263 g/mol. The minimum Gasteiger partial charge on any atom is -0.264 e. The van der Waals surface area contributed by atoms with E-state index in [2.05, 4.69) is 9.71 Å². The van der Waals surface area contributed by atoms with Gasteiger partial charge in [-0.15, -0.1) is 0 Å². The normalized spacial score (nSPS) is 11.4. The van der Waals surface area contributed by atoms with Gasteiger partial charge in [0.2, 0.25) is 0 Å². The van der Waals surface area contributed by atoms with Crippen LogP contribution < -0.4 is 9.86 Å². The minimum atomic E-state index is -3.64. The van der Waals surface area contributed by atoms with Gasteiger partial charge in [0, 0.05) is 18.9 Å². The van der Waals surface area contributed by atoms with Crippen molar-refractivity contribution in [2.45, 2.75) is 6.54 Å². The molecule has 0 amide bonds. The van der Waals surface area contributed by atoms with E-state index in [1.54, 1.807) is 12.4 Å². The zero-order valence-electron chi connectivity index (χ0n) is 9.58. The van der Waals surface area contributed by atoms with E-state index in [4.69, 9.17) is 5.14 Å². The van der Waals surface area contributed by atoms with Crippen molar-refractivity contribution in [3.63, 3.8) is 0 Å². The first kappa shape index (κ1) is 12.7. The molecule has 0 fully saturated rings. The van der Waals surface area contributed by atoms with Crippen molar-refractivity contribution < 1.29 is 8.42 Å². The number of hydrogen-bond acceptors (Lipinski definition) is 3. The van der Waals surface area contributed by atoms with E-state index in [-0.39, 0.29) is 6.54 Å². The Hall–Kier alpha value is -1.76. The van der Waals surface area contributed by atoms with Crippen LogP contribution in [0.5, 0.6) is 0 Å². The average Bonchev–Trinajstić information content (AvgIpc) is 2.37. The molecule has 0 saturated heterocycles. The molecule has 1 aromatic carbocycles. The first-order valence-corrected chi connectivity index (χ1v) is 6.86. The molecule has 2 rings (SSSR count). The van der Waals surface area contributed by atoms with E-state index in [9.17, 15) is 8.42 Å². The lowest BCUT2D eigenvalue weighted by atomic mass is 10.1. The quantitative estimate of drug-likeness (QED) is 0.864. The fourth-order valence-electron chi connectivity index (χ4n) is 1.53. The highest BCUT2D eigenvalue weighted by atomic mass is 32.2. The van der Waals surface area contributed by atoms with Crippen LogP contribution in [0.1, 0.15) is 5.56 Å². The highest BCUT2D eigenvalue weighted by Crippen LogP contribution is 2.18. The molecule has 2 aromatic rings. The largest absolute Gasteiger partial charge is 0.274 e. The van der Waals surface area contributed by atoms with E-state index in [1.165, 1.54) is 0 Å². The summed E-state index contributed by atoms with van der Waals surface area (Å²) in [4.78, 5) is 4.04. The third kappa shape index (κ3) is 3.63. The molecular formula is C12H13N3O2S. The lowest BCUT2D eigenvalue weighted by molar-refractivity contribution is 0.583. The molecule has 94 valence electrons. The first-order valence-electron chi connectivity index (χ1n) is 5.31. The van der Waals surface area contributed by atoms with E-state index in [0.717, 1.165) is 16.7 Å². The van der Waals surface area contributed by atoms with Crippen molar-refractivity contribution >= 4 is 10.2 Å². The number of hydrogen-bond donors (Lipinski definition) is 2. The molecule has 1 aromatic heterocycles. The van der Waals surface area contributed by atoms with Gasteiger partial charge in [-0.2, -0.15) is 13.1 Å². The lowest BCUT2D eigenvalue weighted by Gasteiger charge is -2.04. The molecule has 0 aliphatic heterocycles. The molecule has 18 heavy (non-hydrogen) atoms. The molecule has 0 spiro atoms. The Kier molecular flexibility index (Phi) is 3.71. The highest BCUT2D eigenvalue weighted by Gasteiger charge is 2.02. The molecule has 0 radical (unpaired) electrons. The van der Waals surface area contributed by atoms with Crippen molar-refractivity contribution in [3.05, 3.63) is 54.4 Å². The molecule has 0 aliphatic rings. The maximum absolute atomic E-state index is 10.8. The van der Waals surface area contributed by atoms with Gasteiger partial charge in [-0.05, 0) is 22.8 Å². The van der Waals surface area contributed by atoms with Gasteiger partial charge in [0.15, 0.2) is 0 Å². The van der Waals surface area contributed by atoms with Crippen molar-refractivity contribution in [1.82, 2.24) is 9.71 Å². The number of pyridine rings is 1. The third-order valence-electron chi connectivity index (χ3n) is 2.43. The summed E-state index contributed by atoms with van der Waals surface area (Å²) in [5.74, 6) is 0. The summed E-state index contributed by atoms with van der Waals surface area (Å²) in [6.45, 7) is 0.187. The summed E-state index contributed by atoms with van der Waals surface area (Å²) in [5, 5.41) is 4.86. The van der Waals surface area contributed by atoms with E-state index in [0.29, 0.717) is 0 Å². The summed E-state index contributed by atoms with van der Waals surface area (Å²) in [6, 6.07) is 11.4. The van der Waals surface area contributed by atoms with Crippen LogP contribution in [0.15, 0.2) is 48.8 Å². The van der Waals surface area contributed by atoms with Crippen molar-refractivity contribution in [2.75, 3.05) is 0 Å². The Morgan fingerprint density at radius 3 is 2.39 bits per heavy atom. The van der Waals surface area contributed by atoms with Crippen molar-refractivity contribution in [1.29, 1.82) is 0 Å². The molecule has 0 atom stereocenters. The molecule has 0 unspecified atom stereocenters. The maximum atomic E-state index is 10.8. The van der Waals surface area contributed by atoms with Crippen LogP contribution >= 0.6 is 0 Å². The zero-order valence-corrected chi connectivity index (χ0v) is 10.4. The van der Waals surface area contributed by atoms with Crippen molar-refractivity contribution in [2.24, 2.45) is 5.14 Å². The summed E-state index contributed by atoms with van der Waals surface area (Å²) in [5.41, 5.74) is 2.89. The first-order chi connectivity index (χ1) is 8.54. The number of nitrogens with two attached hydrogens (primary N) is 1. The summed E-state index contributed by atoms with van der Waals surface area (Å²) in [7, 11) is -3.64. The van der Waals surface area contributed by atoms with Gasteiger partial charge in [0.1, 0.15) is 0 Å². The van der Waals surface area contributed by atoms with Crippen LogP contribution in [-0.2, 0) is 16.8 Å². The fourth-order valence-corrected chi connectivity index (χ4v) is 1.90. The number of benzene rings is 1. The molecule has 0 bridgehead atoms. The predicted molar refractivity (Wildman–Crippen MR) is 69.6 cm³/mol. The number of nitrogens with one attached hydrogen (secondary N) is 1. The van der Waals surface area contributed by atoms with Gasteiger partial charge >= 0.3 is 0 Å². The van der Waals surface area contributed by atoms with Gasteiger partial charge in [0.25, 0.3) is 10.2 Å². The second-order valence-corrected chi connectivity index (χ2v) is 5.18. The van der Waals surface area contributed by atoms with E-state index < -0.39 is 10.2 Å². The van der Waals surface area contributed by atoms with Crippen LogP contribution in [0.2, 0.25) is 0 Å². The number of rotatable bonds is 4. The lowest BCUT2D eigenvalue weighted by Crippen LogP contribution is -2.30. The van der Waals surface area contributed by atoms with Gasteiger partial charge < -0.3 is 0 Å². The number of nitrogens with zero attached hydrogens (tertiary/aromatic N) is 1. The standard InChI is InChI=1S/C12H13N3O2S/c13-18(16,17)15-8-10-3-5-11(6-4-10)12-2-1-7-14-9-12/h1-7,9,15H,8H2,(H2,13,16,17). The SMILES string of the molecule is NS(=O)(=O)NCc1ccc(-c2cccnc2)cc1. The molecule has 0 saturated carbocycles. The Morgan fingerprint density at radius 1 is 1.11 bits per heavy atom. The summed E-state index contributed by atoms with van der Waals surface area (Å²) in [6.07, 6.45) is 3.49. The zero-order chi connectivity index (χ0) is 13.0. The van der Waals surface area contributed by atoms with Crippen LogP contribution in [0.4, 0.5) is 0 Å². The van der Waals surface area contributed by atoms with E-state index >= 15 is 0 Å². The van der Waals surface area contributed by atoms with Crippen molar-refractivity contribution in [3.8, 4) is 11.1 Å². The van der Waals surface area contributed by atoms with Crippen LogP contribution in [-0.4, -0.2) is 13.4 Å². The summed E-state index contributed by atoms with van der Waals surface area (Å²) >= 11 is 0. The molecule has 3 N–H and O–H groups in total. The molecule has 6 heteroatoms. The Morgan fingerprint density at radius 2 is 1.83 bits per heavy atom. The Bertz CT molecular complexity index is 610. The van der Waals surface area contributed by atoms with Crippen LogP contribution in [0.3, 0.4) is 0 Å². The smallest absolute Gasteiger partial charge is 0.264 e. The fraction of sp³-hybridized carbons (Fsp3) is 0.0833. The minimum absolute atomic E-state index is 0.187. The van der Waals surface area contributed by atoms with Gasteiger partial charge in [-0.1, -0.05) is 30.3 Å². The molecule has 0 aliphatic carbocycles. The molecule has 1 heterocycles. The molecule has 5 nitrogen and oxygen atoms in total. The van der Waals surface area contributed by atoms with E-state index in [1.807, 2.05) is 36.4 Å². The predicted octanol–water partition coefficient (Wildman–Crippen LogP) is 1.04. The van der Waals surface area contributed by atoms with Crippen LogP contribution in [0.25, 0.3) is 11.1 Å². The Balaban J connectivity index is 2.11. The second kappa shape index (κ2) is 5.26. The topological polar surface area (TPSA) is 85.1 Å². The van der Waals surface area contributed by atoms with Gasteiger partial charge in [0.05, 0.1) is 0 Å². The Labute approximate surface area is 106 Å². The van der Waals surface area contributed by atoms with Gasteiger partial charge in [-0.3, -0.25) is 4.98 Å². The molecular weight excluding hydrogens is 250 g/mol. The third-order valence-corrected chi connectivity index (χ3v) is 2.97. The highest BCUT2D eigenvalue weighted by molar-refractivity contribution is 7.87. The monoisotopic (exact) mass is 263 g/mol.